The minimum Gasteiger partial charge on any atom is -0.311 e. The van der Waals surface area contributed by atoms with Gasteiger partial charge in [0.25, 0.3) is 0 Å². The van der Waals surface area contributed by atoms with E-state index in [-0.39, 0.29) is 0 Å². The number of hydrogen-bond donors (Lipinski definition) is 1. The highest BCUT2D eigenvalue weighted by molar-refractivity contribution is 7.91. The Balaban J connectivity index is 1.72. The Morgan fingerprint density at radius 3 is 1.89 bits per heavy atom. The summed E-state index contributed by atoms with van der Waals surface area (Å²) in [6, 6.07) is 1.07. The molecule has 3 nitrogen and oxygen atoms in total. The van der Waals surface area contributed by atoms with Crippen molar-refractivity contribution in [3.63, 3.8) is 0 Å². The van der Waals surface area contributed by atoms with Gasteiger partial charge in [-0.2, -0.15) is 0 Å². The standard InChI is InChI=1S/C14H27NO2S/c1-11(2)12-3-5-13(6-4-12)15-14-7-9-18(16,17)10-8-14/h11-15H,3-10H2,1-2H3. The van der Waals surface area contributed by atoms with E-state index in [0.29, 0.717) is 23.6 Å². The van der Waals surface area contributed by atoms with Crippen LogP contribution < -0.4 is 5.32 Å². The molecule has 0 unspecified atom stereocenters. The van der Waals surface area contributed by atoms with E-state index in [4.69, 9.17) is 0 Å². The van der Waals surface area contributed by atoms with E-state index in [9.17, 15) is 8.42 Å². The smallest absolute Gasteiger partial charge is 0.150 e. The Morgan fingerprint density at radius 2 is 1.39 bits per heavy atom. The van der Waals surface area contributed by atoms with E-state index >= 15 is 0 Å². The van der Waals surface area contributed by atoms with Crippen LogP contribution in [0.4, 0.5) is 0 Å². The zero-order chi connectivity index (χ0) is 13.2. The molecule has 1 aliphatic heterocycles. The molecule has 4 heteroatoms. The molecule has 2 fully saturated rings. The van der Waals surface area contributed by atoms with Crippen LogP contribution in [-0.2, 0) is 9.84 Å². The molecule has 1 saturated carbocycles. The summed E-state index contributed by atoms with van der Waals surface area (Å²) in [5, 5.41) is 3.69. The molecular formula is C14H27NO2S. The molecule has 0 bridgehead atoms. The van der Waals surface area contributed by atoms with Crippen LogP contribution in [0.15, 0.2) is 0 Å². The summed E-state index contributed by atoms with van der Waals surface area (Å²) < 4.78 is 22.8. The topological polar surface area (TPSA) is 46.2 Å². The van der Waals surface area contributed by atoms with Gasteiger partial charge in [0, 0.05) is 12.1 Å². The average Bonchev–Trinajstić information content (AvgIpc) is 2.33. The summed E-state index contributed by atoms with van der Waals surface area (Å²) in [7, 11) is -2.72. The first kappa shape index (κ1) is 14.3. The first-order valence-corrected chi connectivity index (χ1v) is 9.25. The van der Waals surface area contributed by atoms with Crippen molar-refractivity contribution in [1.82, 2.24) is 5.32 Å². The van der Waals surface area contributed by atoms with E-state index in [1.165, 1.54) is 25.7 Å². The molecule has 0 atom stereocenters. The van der Waals surface area contributed by atoms with Gasteiger partial charge in [-0.05, 0) is 50.4 Å². The fourth-order valence-corrected chi connectivity index (χ4v) is 4.83. The Labute approximate surface area is 112 Å². The van der Waals surface area contributed by atoms with Crippen molar-refractivity contribution < 1.29 is 8.42 Å². The Bertz CT molecular complexity index is 342. The Hall–Kier alpha value is -0.0900. The number of nitrogens with one attached hydrogen (secondary N) is 1. The third-order valence-electron chi connectivity index (χ3n) is 4.74. The zero-order valence-corrected chi connectivity index (χ0v) is 12.5. The first-order chi connectivity index (χ1) is 8.46. The molecule has 2 aliphatic rings. The fraction of sp³-hybridized carbons (Fsp3) is 1.00. The second kappa shape index (κ2) is 5.91. The van der Waals surface area contributed by atoms with Crippen molar-refractivity contribution in [2.45, 2.75) is 64.5 Å². The maximum Gasteiger partial charge on any atom is 0.150 e. The van der Waals surface area contributed by atoms with Crippen LogP contribution in [0.1, 0.15) is 52.4 Å². The van der Waals surface area contributed by atoms with Gasteiger partial charge in [0.2, 0.25) is 0 Å². The van der Waals surface area contributed by atoms with Crippen molar-refractivity contribution in [3.8, 4) is 0 Å². The van der Waals surface area contributed by atoms with Gasteiger partial charge in [0.15, 0.2) is 0 Å². The molecule has 106 valence electrons. The lowest BCUT2D eigenvalue weighted by atomic mass is 9.79. The molecule has 1 aliphatic carbocycles. The molecule has 1 saturated heterocycles. The van der Waals surface area contributed by atoms with Gasteiger partial charge >= 0.3 is 0 Å². The molecule has 0 amide bonds. The molecular weight excluding hydrogens is 246 g/mol. The third kappa shape index (κ3) is 3.95. The Morgan fingerprint density at radius 1 is 0.889 bits per heavy atom. The first-order valence-electron chi connectivity index (χ1n) is 7.43. The maximum atomic E-state index is 11.4. The summed E-state index contributed by atoms with van der Waals surface area (Å²) >= 11 is 0. The van der Waals surface area contributed by atoms with Gasteiger partial charge in [-0.25, -0.2) is 8.42 Å². The quantitative estimate of drug-likeness (QED) is 0.858. The fourth-order valence-electron chi connectivity index (χ4n) is 3.34. The third-order valence-corrected chi connectivity index (χ3v) is 6.46. The summed E-state index contributed by atoms with van der Waals surface area (Å²) in [6.07, 6.45) is 6.83. The van der Waals surface area contributed by atoms with Crippen LogP contribution in [0, 0.1) is 11.8 Å². The Kier molecular flexibility index (Phi) is 4.70. The number of rotatable bonds is 3. The normalized spacial score (nSPS) is 33.7. The molecule has 1 N–H and O–H groups in total. The zero-order valence-electron chi connectivity index (χ0n) is 11.7. The van der Waals surface area contributed by atoms with Gasteiger partial charge in [0.1, 0.15) is 9.84 Å². The van der Waals surface area contributed by atoms with Crippen LogP contribution in [0.5, 0.6) is 0 Å². The van der Waals surface area contributed by atoms with Gasteiger partial charge in [-0.1, -0.05) is 13.8 Å². The average molecular weight is 273 g/mol. The molecule has 0 spiro atoms. The highest BCUT2D eigenvalue weighted by Crippen LogP contribution is 2.30. The van der Waals surface area contributed by atoms with Crippen molar-refractivity contribution in [2.75, 3.05) is 11.5 Å². The van der Waals surface area contributed by atoms with Crippen molar-refractivity contribution in [2.24, 2.45) is 11.8 Å². The highest BCUT2D eigenvalue weighted by atomic mass is 32.2. The lowest BCUT2D eigenvalue weighted by molar-refractivity contribution is 0.225. The molecule has 0 aromatic heterocycles. The highest BCUT2D eigenvalue weighted by Gasteiger charge is 2.28. The molecule has 1 heterocycles. The van der Waals surface area contributed by atoms with Gasteiger partial charge < -0.3 is 5.32 Å². The van der Waals surface area contributed by atoms with Crippen LogP contribution in [-0.4, -0.2) is 32.0 Å². The monoisotopic (exact) mass is 273 g/mol. The minimum absolute atomic E-state index is 0.381. The van der Waals surface area contributed by atoms with Crippen LogP contribution >= 0.6 is 0 Å². The lowest BCUT2D eigenvalue weighted by Gasteiger charge is -2.34. The maximum absolute atomic E-state index is 11.4. The SMILES string of the molecule is CC(C)C1CCC(NC2CCS(=O)(=O)CC2)CC1. The predicted octanol–water partition coefficient (Wildman–Crippen LogP) is 2.37. The summed E-state index contributed by atoms with van der Waals surface area (Å²) in [4.78, 5) is 0. The van der Waals surface area contributed by atoms with E-state index in [2.05, 4.69) is 19.2 Å². The van der Waals surface area contributed by atoms with Crippen molar-refractivity contribution in [3.05, 3.63) is 0 Å². The van der Waals surface area contributed by atoms with E-state index in [0.717, 1.165) is 24.7 Å². The van der Waals surface area contributed by atoms with Crippen LogP contribution in [0.3, 0.4) is 0 Å². The molecule has 2 rings (SSSR count). The van der Waals surface area contributed by atoms with Crippen molar-refractivity contribution >= 4 is 9.84 Å². The molecule has 18 heavy (non-hydrogen) atoms. The summed E-state index contributed by atoms with van der Waals surface area (Å²) in [5.41, 5.74) is 0. The molecule has 0 radical (unpaired) electrons. The van der Waals surface area contributed by atoms with Gasteiger partial charge in [0.05, 0.1) is 11.5 Å². The van der Waals surface area contributed by atoms with Crippen molar-refractivity contribution in [1.29, 1.82) is 0 Å². The van der Waals surface area contributed by atoms with Gasteiger partial charge in [-0.3, -0.25) is 0 Å². The minimum atomic E-state index is -2.72. The summed E-state index contributed by atoms with van der Waals surface area (Å²) in [5.74, 6) is 2.47. The summed E-state index contributed by atoms with van der Waals surface area (Å²) in [6.45, 7) is 4.65. The second-order valence-electron chi connectivity index (χ2n) is 6.45. The molecule has 0 aromatic rings. The number of sulfone groups is 1. The number of hydrogen-bond acceptors (Lipinski definition) is 3. The second-order valence-corrected chi connectivity index (χ2v) is 8.75. The van der Waals surface area contributed by atoms with E-state index in [1.54, 1.807) is 0 Å². The van der Waals surface area contributed by atoms with Gasteiger partial charge in [-0.15, -0.1) is 0 Å². The molecule has 0 aromatic carbocycles. The largest absolute Gasteiger partial charge is 0.311 e. The predicted molar refractivity (Wildman–Crippen MR) is 75.4 cm³/mol. The lowest BCUT2D eigenvalue weighted by Crippen LogP contribution is -2.44. The van der Waals surface area contributed by atoms with Crippen LogP contribution in [0.25, 0.3) is 0 Å². The van der Waals surface area contributed by atoms with Crippen LogP contribution in [0.2, 0.25) is 0 Å². The van der Waals surface area contributed by atoms with E-state index < -0.39 is 9.84 Å². The van der Waals surface area contributed by atoms with E-state index in [1.807, 2.05) is 0 Å².